The van der Waals surface area contributed by atoms with Crippen LogP contribution in [0.5, 0.6) is 0 Å². The molecule has 0 spiro atoms. The quantitative estimate of drug-likeness (QED) is 0.869. The van der Waals surface area contributed by atoms with Crippen molar-refractivity contribution in [2.45, 2.75) is 52.2 Å². The van der Waals surface area contributed by atoms with E-state index in [0.717, 1.165) is 45.5 Å². The largest absolute Gasteiger partial charge is 0.377 e. The van der Waals surface area contributed by atoms with Crippen LogP contribution < -0.4 is 5.32 Å². The average molecular weight is 311 g/mol. The fraction of sp³-hybridized carbons (Fsp3) is 0.941. The van der Waals surface area contributed by atoms with Gasteiger partial charge in [0.25, 0.3) is 0 Å². The van der Waals surface area contributed by atoms with Crippen molar-refractivity contribution in [2.24, 2.45) is 11.3 Å². The van der Waals surface area contributed by atoms with Crippen molar-refractivity contribution in [1.82, 2.24) is 15.1 Å². The van der Waals surface area contributed by atoms with Gasteiger partial charge < -0.3 is 19.9 Å². The van der Waals surface area contributed by atoms with Gasteiger partial charge in [0.2, 0.25) is 0 Å². The molecule has 2 fully saturated rings. The number of amides is 2. The summed E-state index contributed by atoms with van der Waals surface area (Å²) in [5, 5.41) is 3.72. The van der Waals surface area contributed by atoms with Crippen LogP contribution in [0.1, 0.15) is 40.0 Å². The van der Waals surface area contributed by atoms with Crippen molar-refractivity contribution in [3.63, 3.8) is 0 Å². The summed E-state index contributed by atoms with van der Waals surface area (Å²) in [4.78, 5) is 15.6. The first-order valence-electron chi connectivity index (χ1n) is 8.60. The second kappa shape index (κ2) is 7.18. The first kappa shape index (κ1) is 17.5. The van der Waals surface area contributed by atoms with E-state index in [-0.39, 0.29) is 11.4 Å². The van der Waals surface area contributed by atoms with Crippen molar-refractivity contribution in [1.29, 1.82) is 0 Å². The molecule has 2 saturated heterocycles. The van der Waals surface area contributed by atoms with Crippen molar-refractivity contribution >= 4 is 6.03 Å². The zero-order valence-corrected chi connectivity index (χ0v) is 14.9. The maximum atomic E-state index is 11.9. The van der Waals surface area contributed by atoms with E-state index in [9.17, 15) is 4.79 Å². The molecule has 0 saturated carbocycles. The lowest BCUT2D eigenvalue weighted by atomic mass is 9.81. The monoisotopic (exact) mass is 311 g/mol. The van der Waals surface area contributed by atoms with Gasteiger partial charge in [-0.2, -0.15) is 0 Å². The molecule has 0 aromatic heterocycles. The number of likely N-dealkylation sites (tertiary alicyclic amines) is 1. The lowest BCUT2D eigenvalue weighted by molar-refractivity contribution is 0.00644. The highest BCUT2D eigenvalue weighted by molar-refractivity contribution is 5.73. The SMILES string of the molecule is CN(C)C(=O)N1CCC(NC[C@H]2CCO[C@@H]2C(C)(C)C)CC1. The number of hydrogen-bond donors (Lipinski definition) is 1. The van der Waals surface area contributed by atoms with Crippen LogP contribution in [0.4, 0.5) is 4.79 Å². The molecule has 1 N–H and O–H groups in total. The van der Waals surface area contributed by atoms with Crippen LogP contribution in [-0.2, 0) is 4.74 Å². The number of carbonyl (C=O) groups excluding carboxylic acids is 1. The van der Waals surface area contributed by atoms with Crippen molar-refractivity contribution in [2.75, 3.05) is 40.3 Å². The molecule has 0 aromatic carbocycles. The Morgan fingerprint density at radius 3 is 2.41 bits per heavy atom. The summed E-state index contributed by atoms with van der Waals surface area (Å²) >= 11 is 0. The molecule has 2 amide bonds. The predicted molar refractivity (Wildman–Crippen MR) is 89.0 cm³/mol. The van der Waals surface area contributed by atoms with Crippen LogP contribution >= 0.6 is 0 Å². The lowest BCUT2D eigenvalue weighted by Crippen LogP contribution is -2.49. The van der Waals surface area contributed by atoms with Gasteiger partial charge in [-0.25, -0.2) is 4.79 Å². The molecule has 0 bridgehead atoms. The number of nitrogens with zero attached hydrogens (tertiary/aromatic N) is 2. The van der Waals surface area contributed by atoms with Gasteiger partial charge in [0.05, 0.1) is 6.10 Å². The molecule has 5 heteroatoms. The highest BCUT2D eigenvalue weighted by Crippen LogP contribution is 2.34. The third kappa shape index (κ3) is 4.35. The number of urea groups is 1. The number of carbonyl (C=O) groups is 1. The van der Waals surface area contributed by atoms with E-state index in [0.29, 0.717) is 18.1 Å². The molecule has 2 heterocycles. The molecule has 2 atom stereocenters. The van der Waals surface area contributed by atoms with E-state index in [1.807, 2.05) is 19.0 Å². The lowest BCUT2D eigenvalue weighted by Gasteiger charge is -2.36. The molecular weight excluding hydrogens is 278 g/mol. The van der Waals surface area contributed by atoms with E-state index in [1.54, 1.807) is 4.90 Å². The Morgan fingerprint density at radius 1 is 1.23 bits per heavy atom. The molecule has 0 radical (unpaired) electrons. The number of ether oxygens (including phenoxy) is 1. The minimum atomic E-state index is 0.135. The average Bonchev–Trinajstić information content (AvgIpc) is 2.93. The normalized spacial score (nSPS) is 27.2. The van der Waals surface area contributed by atoms with Gasteiger partial charge in [-0.3, -0.25) is 0 Å². The number of nitrogens with one attached hydrogen (secondary N) is 1. The van der Waals surface area contributed by atoms with Gasteiger partial charge in [0.15, 0.2) is 0 Å². The Balaban J connectivity index is 1.74. The number of rotatable bonds is 3. The van der Waals surface area contributed by atoms with Crippen molar-refractivity contribution in [3.8, 4) is 0 Å². The summed E-state index contributed by atoms with van der Waals surface area (Å²) in [6.45, 7) is 10.4. The van der Waals surface area contributed by atoms with Crippen molar-refractivity contribution < 1.29 is 9.53 Å². The molecule has 22 heavy (non-hydrogen) atoms. The molecule has 2 aliphatic rings. The van der Waals surface area contributed by atoms with Gasteiger partial charge in [-0.05, 0) is 24.7 Å². The van der Waals surface area contributed by atoms with E-state index < -0.39 is 0 Å². The van der Waals surface area contributed by atoms with Gasteiger partial charge in [-0.15, -0.1) is 0 Å². The summed E-state index contributed by atoms with van der Waals surface area (Å²) in [6.07, 6.45) is 3.61. The van der Waals surface area contributed by atoms with E-state index >= 15 is 0 Å². The summed E-state index contributed by atoms with van der Waals surface area (Å²) < 4.78 is 5.95. The third-order valence-corrected chi connectivity index (χ3v) is 4.88. The topological polar surface area (TPSA) is 44.8 Å². The standard InChI is InChI=1S/C17H33N3O2/c1-17(2,3)15-13(8-11-22-15)12-18-14-6-9-20(10-7-14)16(21)19(4)5/h13-15,18H,6-12H2,1-5H3/t13-,15+/m1/s1. The predicted octanol–water partition coefficient (Wildman–Crippen LogP) is 2.17. The zero-order valence-electron chi connectivity index (χ0n) is 14.9. The van der Waals surface area contributed by atoms with E-state index in [2.05, 4.69) is 26.1 Å². The fourth-order valence-corrected chi connectivity index (χ4v) is 3.68. The molecule has 2 rings (SSSR count). The Labute approximate surface area is 135 Å². The van der Waals surface area contributed by atoms with Gasteiger partial charge in [0, 0.05) is 52.3 Å². The van der Waals surface area contributed by atoms with Crippen LogP contribution in [-0.4, -0.2) is 68.3 Å². The Kier molecular flexibility index (Phi) is 5.72. The maximum Gasteiger partial charge on any atom is 0.319 e. The van der Waals surface area contributed by atoms with Crippen LogP contribution in [0, 0.1) is 11.3 Å². The number of hydrogen-bond acceptors (Lipinski definition) is 3. The minimum absolute atomic E-state index is 0.135. The Morgan fingerprint density at radius 2 is 1.86 bits per heavy atom. The van der Waals surface area contributed by atoms with Gasteiger partial charge >= 0.3 is 6.03 Å². The van der Waals surface area contributed by atoms with Crippen molar-refractivity contribution in [3.05, 3.63) is 0 Å². The highest BCUT2D eigenvalue weighted by atomic mass is 16.5. The second-order valence-corrected chi connectivity index (χ2v) is 8.05. The molecule has 0 aliphatic carbocycles. The molecule has 0 aromatic rings. The minimum Gasteiger partial charge on any atom is -0.377 e. The molecule has 2 aliphatic heterocycles. The van der Waals surface area contributed by atoms with Gasteiger partial charge in [0.1, 0.15) is 0 Å². The zero-order chi connectivity index (χ0) is 16.3. The smallest absolute Gasteiger partial charge is 0.319 e. The molecular formula is C17H33N3O2. The summed E-state index contributed by atoms with van der Waals surface area (Å²) in [5.74, 6) is 0.612. The summed E-state index contributed by atoms with van der Waals surface area (Å²) in [7, 11) is 3.64. The Hall–Kier alpha value is -0.810. The van der Waals surface area contributed by atoms with Crippen LogP contribution in [0.3, 0.4) is 0 Å². The molecule has 0 unspecified atom stereocenters. The van der Waals surface area contributed by atoms with Crippen LogP contribution in [0.25, 0.3) is 0 Å². The first-order chi connectivity index (χ1) is 10.3. The van der Waals surface area contributed by atoms with Crippen LogP contribution in [0.15, 0.2) is 0 Å². The number of piperidine rings is 1. The molecule has 5 nitrogen and oxygen atoms in total. The summed E-state index contributed by atoms with van der Waals surface area (Å²) in [6, 6.07) is 0.669. The van der Waals surface area contributed by atoms with E-state index in [4.69, 9.17) is 4.74 Å². The molecule has 128 valence electrons. The first-order valence-corrected chi connectivity index (χ1v) is 8.60. The van der Waals surface area contributed by atoms with Crippen LogP contribution in [0.2, 0.25) is 0 Å². The van der Waals surface area contributed by atoms with Gasteiger partial charge in [-0.1, -0.05) is 20.8 Å². The highest BCUT2D eigenvalue weighted by Gasteiger charge is 2.37. The Bertz CT molecular complexity index is 371. The third-order valence-electron chi connectivity index (χ3n) is 4.88. The summed E-state index contributed by atoms with van der Waals surface area (Å²) in [5.41, 5.74) is 0.213. The maximum absolute atomic E-state index is 11.9. The second-order valence-electron chi connectivity index (χ2n) is 8.05. The fourth-order valence-electron chi connectivity index (χ4n) is 3.68. The van der Waals surface area contributed by atoms with E-state index in [1.165, 1.54) is 0 Å².